The Labute approximate surface area is 83.3 Å². The second-order valence-electron chi connectivity index (χ2n) is 2.61. The molecule has 0 N–H and O–H groups in total. The molecule has 0 aromatic carbocycles. The molecule has 0 saturated carbocycles. The summed E-state index contributed by atoms with van der Waals surface area (Å²) in [6, 6.07) is 1.98. The molecule has 2 heterocycles. The van der Waals surface area contributed by atoms with Crippen molar-refractivity contribution in [3.63, 3.8) is 0 Å². The number of pyridine rings is 1. The topological polar surface area (TPSA) is 17.3 Å². The van der Waals surface area contributed by atoms with Crippen LogP contribution in [0, 0.1) is 6.92 Å². The van der Waals surface area contributed by atoms with Crippen LogP contribution in [-0.2, 0) is 0 Å². The third-order valence-corrected chi connectivity index (χ3v) is 2.85. The van der Waals surface area contributed by atoms with E-state index in [0.717, 1.165) is 15.7 Å². The van der Waals surface area contributed by atoms with Gasteiger partial charge in [-0.3, -0.25) is 4.40 Å². The summed E-state index contributed by atoms with van der Waals surface area (Å²) in [7, 11) is 0. The molecule has 2 nitrogen and oxygen atoms in total. The van der Waals surface area contributed by atoms with E-state index in [1.165, 1.54) is 0 Å². The smallest absolute Gasteiger partial charge is 0.138 e. The molecule has 0 unspecified atom stereocenters. The van der Waals surface area contributed by atoms with Crippen molar-refractivity contribution >= 4 is 33.2 Å². The molecule has 0 aliphatic heterocycles. The largest absolute Gasteiger partial charge is 0.289 e. The van der Waals surface area contributed by atoms with Gasteiger partial charge in [-0.1, -0.05) is 11.6 Å². The minimum absolute atomic E-state index is 0.630. The fraction of sp³-hybridized carbons (Fsp3) is 0.125. The summed E-state index contributed by atoms with van der Waals surface area (Å²) < 4.78 is 2.87. The van der Waals surface area contributed by atoms with Crippen molar-refractivity contribution in [3.05, 3.63) is 33.6 Å². The summed E-state index contributed by atoms with van der Waals surface area (Å²) in [6.07, 6.45) is 3.56. The van der Waals surface area contributed by atoms with Crippen LogP contribution in [-0.4, -0.2) is 9.38 Å². The van der Waals surface area contributed by atoms with Crippen molar-refractivity contribution in [2.24, 2.45) is 0 Å². The molecule has 0 aliphatic carbocycles. The van der Waals surface area contributed by atoms with E-state index < -0.39 is 0 Å². The Balaban J connectivity index is 2.87. The van der Waals surface area contributed by atoms with E-state index in [4.69, 9.17) is 11.6 Å². The number of fused-ring (bicyclic) bond motifs is 1. The summed E-state index contributed by atoms with van der Waals surface area (Å²) in [5.74, 6) is 0. The highest BCUT2D eigenvalue weighted by atomic mass is 79.9. The van der Waals surface area contributed by atoms with Crippen molar-refractivity contribution < 1.29 is 0 Å². The van der Waals surface area contributed by atoms with Crippen molar-refractivity contribution in [3.8, 4) is 0 Å². The molecule has 12 heavy (non-hydrogen) atoms. The van der Waals surface area contributed by atoms with Crippen LogP contribution in [0.25, 0.3) is 5.65 Å². The van der Waals surface area contributed by atoms with Gasteiger partial charge in [0.1, 0.15) is 10.8 Å². The Bertz CT molecular complexity index is 436. The van der Waals surface area contributed by atoms with Gasteiger partial charge < -0.3 is 0 Å². The van der Waals surface area contributed by atoms with E-state index in [2.05, 4.69) is 20.9 Å². The minimum Gasteiger partial charge on any atom is -0.289 e. The molecule has 0 radical (unpaired) electrons. The van der Waals surface area contributed by atoms with E-state index >= 15 is 0 Å². The zero-order valence-corrected chi connectivity index (χ0v) is 8.72. The number of halogens is 2. The number of hydrogen-bond acceptors (Lipinski definition) is 1. The number of hydrogen-bond donors (Lipinski definition) is 0. The van der Waals surface area contributed by atoms with Crippen LogP contribution in [0.1, 0.15) is 5.56 Å². The van der Waals surface area contributed by atoms with E-state index in [1.807, 2.05) is 23.6 Å². The van der Waals surface area contributed by atoms with Crippen molar-refractivity contribution in [2.45, 2.75) is 6.92 Å². The molecule has 0 bridgehead atoms. The molecule has 2 aromatic rings. The highest BCUT2D eigenvalue weighted by molar-refractivity contribution is 9.10. The summed E-state index contributed by atoms with van der Waals surface area (Å²) in [4.78, 5) is 4.13. The molecule has 0 spiro atoms. The normalized spacial score (nSPS) is 10.9. The minimum atomic E-state index is 0.630. The van der Waals surface area contributed by atoms with Gasteiger partial charge in [0, 0.05) is 10.7 Å². The predicted molar refractivity (Wildman–Crippen MR) is 52.6 cm³/mol. The van der Waals surface area contributed by atoms with Gasteiger partial charge in [0.25, 0.3) is 0 Å². The first-order chi connectivity index (χ1) is 5.68. The first-order valence-corrected chi connectivity index (χ1v) is 4.64. The summed E-state index contributed by atoms with van der Waals surface area (Å²) in [5.41, 5.74) is 2.03. The van der Waals surface area contributed by atoms with Crippen LogP contribution in [0.5, 0.6) is 0 Å². The molecule has 0 aliphatic rings. The van der Waals surface area contributed by atoms with Crippen LogP contribution in [0.4, 0.5) is 0 Å². The summed E-state index contributed by atoms with van der Waals surface area (Å²) in [5, 5.41) is 0.630. The quantitative estimate of drug-likeness (QED) is 0.697. The fourth-order valence-corrected chi connectivity index (χ4v) is 1.57. The second kappa shape index (κ2) is 2.75. The lowest BCUT2D eigenvalue weighted by Crippen LogP contribution is -1.86. The van der Waals surface area contributed by atoms with Gasteiger partial charge in [0.15, 0.2) is 0 Å². The number of aromatic nitrogens is 2. The maximum Gasteiger partial charge on any atom is 0.138 e. The van der Waals surface area contributed by atoms with E-state index in [0.29, 0.717) is 5.15 Å². The van der Waals surface area contributed by atoms with E-state index in [1.54, 1.807) is 6.20 Å². The number of imidazole rings is 1. The van der Waals surface area contributed by atoms with Crippen LogP contribution in [0.15, 0.2) is 22.9 Å². The average Bonchev–Trinajstić information content (AvgIpc) is 2.35. The molecule has 2 aromatic heterocycles. The van der Waals surface area contributed by atoms with E-state index in [-0.39, 0.29) is 0 Å². The monoisotopic (exact) mass is 244 g/mol. The van der Waals surface area contributed by atoms with Crippen LogP contribution < -0.4 is 0 Å². The molecular formula is C8H6BrClN2. The zero-order valence-electron chi connectivity index (χ0n) is 6.38. The molecule has 0 atom stereocenters. The Kier molecular flexibility index (Phi) is 1.85. The lowest BCUT2D eigenvalue weighted by molar-refractivity contribution is 1.16. The first kappa shape index (κ1) is 8.08. The third-order valence-electron chi connectivity index (χ3n) is 1.75. The first-order valence-electron chi connectivity index (χ1n) is 3.47. The maximum atomic E-state index is 5.88. The summed E-state index contributed by atoms with van der Waals surface area (Å²) in [6.45, 7) is 2.02. The van der Waals surface area contributed by atoms with Gasteiger partial charge in [0.2, 0.25) is 0 Å². The molecule has 62 valence electrons. The maximum absolute atomic E-state index is 5.88. The van der Waals surface area contributed by atoms with Gasteiger partial charge in [-0.25, -0.2) is 4.98 Å². The lowest BCUT2D eigenvalue weighted by Gasteiger charge is -1.99. The SMILES string of the molecule is Cc1cc2ncc(Cl)n2cc1Br. The predicted octanol–water partition coefficient (Wildman–Crippen LogP) is 3.06. The van der Waals surface area contributed by atoms with Crippen LogP contribution in [0.3, 0.4) is 0 Å². The average molecular weight is 246 g/mol. The molecule has 2 rings (SSSR count). The van der Waals surface area contributed by atoms with Gasteiger partial charge in [-0.2, -0.15) is 0 Å². The lowest BCUT2D eigenvalue weighted by atomic mass is 10.3. The van der Waals surface area contributed by atoms with E-state index in [9.17, 15) is 0 Å². The fourth-order valence-electron chi connectivity index (χ4n) is 1.07. The molecule has 0 amide bonds. The molecule has 0 fully saturated rings. The zero-order chi connectivity index (χ0) is 8.72. The van der Waals surface area contributed by atoms with Crippen molar-refractivity contribution in [2.75, 3.05) is 0 Å². The Morgan fingerprint density at radius 2 is 2.33 bits per heavy atom. The van der Waals surface area contributed by atoms with Gasteiger partial charge in [0.05, 0.1) is 6.20 Å². The Morgan fingerprint density at radius 3 is 3.08 bits per heavy atom. The number of aryl methyl sites for hydroxylation is 1. The summed E-state index contributed by atoms with van der Waals surface area (Å²) >= 11 is 9.30. The van der Waals surface area contributed by atoms with Crippen LogP contribution >= 0.6 is 27.5 Å². The second-order valence-corrected chi connectivity index (χ2v) is 3.86. The number of nitrogens with zero attached hydrogens (tertiary/aromatic N) is 2. The molecule has 0 saturated heterocycles. The van der Waals surface area contributed by atoms with Crippen molar-refractivity contribution in [1.29, 1.82) is 0 Å². The van der Waals surface area contributed by atoms with Gasteiger partial charge in [-0.15, -0.1) is 0 Å². The highest BCUT2D eigenvalue weighted by Crippen LogP contribution is 2.20. The standard InChI is InChI=1S/C8H6BrClN2/c1-5-2-8-11-3-7(10)12(8)4-6(5)9/h2-4H,1H3. The number of rotatable bonds is 0. The van der Waals surface area contributed by atoms with Gasteiger partial charge >= 0.3 is 0 Å². The molecular weight excluding hydrogens is 239 g/mol. The van der Waals surface area contributed by atoms with Crippen LogP contribution in [0.2, 0.25) is 5.15 Å². The van der Waals surface area contributed by atoms with Crippen molar-refractivity contribution in [1.82, 2.24) is 9.38 Å². The van der Waals surface area contributed by atoms with Gasteiger partial charge in [-0.05, 0) is 34.5 Å². The Hall–Kier alpha value is -0.540. The highest BCUT2D eigenvalue weighted by Gasteiger charge is 2.02. The third kappa shape index (κ3) is 1.13. The Morgan fingerprint density at radius 1 is 1.58 bits per heavy atom. The molecule has 4 heteroatoms.